The van der Waals surface area contributed by atoms with Gasteiger partial charge in [0.2, 0.25) is 0 Å². The van der Waals surface area contributed by atoms with E-state index in [1.807, 2.05) is 0 Å². The molecule has 1 heterocycles. The molecule has 0 saturated carbocycles. The average molecular weight is 341 g/mol. The number of hydrogen-bond acceptors (Lipinski definition) is 3. The smallest absolute Gasteiger partial charge is 0.370 e. The monoisotopic (exact) mass is 340 g/mol. The molecule has 0 fully saturated rings. The van der Waals surface area contributed by atoms with Crippen molar-refractivity contribution in [3.8, 4) is 0 Å². The van der Waals surface area contributed by atoms with Crippen LogP contribution in [0.25, 0.3) is 0 Å². The minimum absolute atomic E-state index is 0.186. The van der Waals surface area contributed by atoms with Crippen LogP contribution in [0.4, 0.5) is 13.2 Å². The summed E-state index contributed by atoms with van der Waals surface area (Å²) in [6.45, 7) is -0.00134. The summed E-state index contributed by atoms with van der Waals surface area (Å²) in [7, 11) is 0. The molecule has 1 unspecified atom stereocenters. The number of amides is 1. The fourth-order valence-electron chi connectivity index (χ4n) is 1.20. The van der Waals surface area contributed by atoms with E-state index in [2.05, 4.69) is 31.0 Å². The van der Waals surface area contributed by atoms with Crippen molar-refractivity contribution in [2.75, 3.05) is 13.2 Å². The van der Waals surface area contributed by atoms with Gasteiger partial charge in [0.25, 0.3) is 5.91 Å². The molecule has 0 aromatic carbocycles. The highest BCUT2D eigenvalue weighted by Crippen LogP contribution is 2.14. The molecule has 1 aromatic heterocycles. The zero-order chi connectivity index (χ0) is 14.5. The van der Waals surface area contributed by atoms with Crippen LogP contribution in [0.3, 0.4) is 0 Å². The van der Waals surface area contributed by atoms with Crippen molar-refractivity contribution in [2.45, 2.75) is 19.1 Å². The Kier molecular flexibility index (Phi) is 5.74. The van der Waals surface area contributed by atoms with E-state index in [9.17, 15) is 18.0 Å². The molecule has 106 valence electrons. The lowest BCUT2D eigenvalue weighted by Gasteiger charge is -2.14. The number of alkyl halides is 3. The van der Waals surface area contributed by atoms with Crippen molar-refractivity contribution in [1.82, 2.24) is 10.3 Å². The van der Waals surface area contributed by atoms with Crippen LogP contribution in [-0.4, -0.2) is 36.3 Å². The first-order valence-corrected chi connectivity index (χ1v) is 6.14. The summed E-state index contributed by atoms with van der Waals surface area (Å²) in [5, 5.41) is 2.49. The molecule has 1 rings (SSSR count). The molecule has 1 atom stereocenters. The van der Waals surface area contributed by atoms with E-state index in [1.165, 1.54) is 12.3 Å². The molecule has 19 heavy (non-hydrogen) atoms. The fourth-order valence-corrected chi connectivity index (χ4v) is 1.44. The molecule has 4 nitrogen and oxygen atoms in total. The van der Waals surface area contributed by atoms with Gasteiger partial charge in [-0.25, -0.2) is 4.98 Å². The van der Waals surface area contributed by atoms with Gasteiger partial charge in [-0.05, 0) is 35.0 Å². The van der Waals surface area contributed by atoms with E-state index in [-0.39, 0.29) is 12.3 Å². The van der Waals surface area contributed by atoms with Crippen LogP contribution in [0, 0.1) is 0 Å². The third-order valence-corrected chi connectivity index (χ3v) is 2.44. The molecule has 0 radical (unpaired) electrons. The predicted molar refractivity (Wildman–Crippen MR) is 65.7 cm³/mol. The molecule has 1 amide bonds. The third-order valence-electron chi connectivity index (χ3n) is 1.97. The van der Waals surface area contributed by atoms with E-state index < -0.39 is 24.7 Å². The fraction of sp³-hybridized carbons (Fsp3) is 0.455. The second-order valence-electron chi connectivity index (χ2n) is 3.87. The van der Waals surface area contributed by atoms with Crippen molar-refractivity contribution in [3.63, 3.8) is 0 Å². The molecule has 1 aromatic rings. The Balaban J connectivity index is 2.38. The number of pyridine rings is 1. The molecule has 0 aliphatic rings. The molecule has 0 aliphatic heterocycles. The highest BCUT2D eigenvalue weighted by atomic mass is 79.9. The highest BCUT2D eigenvalue weighted by molar-refractivity contribution is 9.10. The van der Waals surface area contributed by atoms with Crippen molar-refractivity contribution >= 4 is 21.8 Å². The van der Waals surface area contributed by atoms with Crippen molar-refractivity contribution in [3.05, 3.63) is 28.5 Å². The second-order valence-corrected chi connectivity index (χ2v) is 4.78. The summed E-state index contributed by atoms with van der Waals surface area (Å²) < 4.78 is 40.7. The largest absolute Gasteiger partial charge is 0.411 e. The molecule has 0 saturated heterocycles. The van der Waals surface area contributed by atoms with E-state index in [0.717, 1.165) is 4.47 Å². The first-order chi connectivity index (χ1) is 8.78. The standard InChI is InChI=1S/C11H12BrF3N2O2/c1-7(5-19-6-11(13,14)15)17-10(18)9-3-2-8(12)4-16-9/h2-4,7H,5-6H2,1H3,(H,17,18). The van der Waals surface area contributed by atoms with Gasteiger partial charge in [0, 0.05) is 16.7 Å². The number of nitrogens with zero attached hydrogens (tertiary/aromatic N) is 1. The van der Waals surface area contributed by atoms with Gasteiger partial charge in [-0.1, -0.05) is 0 Å². The molecule has 1 N–H and O–H groups in total. The Morgan fingerprint density at radius 3 is 2.74 bits per heavy atom. The SMILES string of the molecule is CC(COCC(F)(F)F)NC(=O)c1ccc(Br)cn1. The summed E-state index contributed by atoms with van der Waals surface area (Å²) >= 11 is 3.18. The van der Waals surface area contributed by atoms with Crippen LogP contribution in [0.1, 0.15) is 17.4 Å². The van der Waals surface area contributed by atoms with Crippen molar-refractivity contribution in [1.29, 1.82) is 0 Å². The summed E-state index contributed by atoms with van der Waals surface area (Å²) in [6.07, 6.45) is -2.91. The Hall–Kier alpha value is -1.15. The maximum Gasteiger partial charge on any atom is 0.411 e. The lowest BCUT2D eigenvalue weighted by Crippen LogP contribution is -2.37. The minimum atomic E-state index is -4.36. The normalized spacial score (nSPS) is 13.1. The molecule has 0 bridgehead atoms. The Labute approximate surface area is 116 Å². The van der Waals surface area contributed by atoms with Crippen LogP contribution >= 0.6 is 15.9 Å². The zero-order valence-electron chi connectivity index (χ0n) is 10.00. The Morgan fingerprint density at radius 2 is 2.21 bits per heavy atom. The first-order valence-electron chi connectivity index (χ1n) is 5.35. The van der Waals surface area contributed by atoms with Gasteiger partial charge >= 0.3 is 6.18 Å². The summed E-state index contributed by atoms with van der Waals surface area (Å²) in [6, 6.07) is 2.61. The zero-order valence-corrected chi connectivity index (χ0v) is 11.6. The van der Waals surface area contributed by atoms with Crippen LogP contribution < -0.4 is 5.32 Å². The molecular formula is C11H12BrF3N2O2. The lowest BCUT2D eigenvalue weighted by molar-refractivity contribution is -0.174. The minimum Gasteiger partial charge on any atom is -0.370 e. The van der Waals surface area contributed by atoms with E-state index in [0.29, 0.717) is 0 Å². The van der Waals surface area contributed by atoms with Gasteiger partial charge in [-0.3, -0.25) is 4.79 Å². The summed E-state index contributed by atoms with van der Waals surface area (Å²) in [4.78, 5) is 15.5. The topological polar surface area (TPSA) is 51.2 Å². The van der Waals surface area contributed by atoms with Crippen molar-refractivity contribution < 1.29 is 22.7 Å². The van der Waals surface area contributed by atoms with Gasteiger partial charge in [-0.15, -0.1) is 0 Å². The molecular weight excluding hydrogens is 329 g/mol. The van der Waals surface area contributed by atoms with Gasteiger partial charge in [0.15, 0.2) is 0 Å². The van der Waals surface area contributed by atoms with E-state index >= 15 is 0 Å². The third kappa shape index (κ3) is 6.53. The lowest BCUT2D eigenvalue weighted by atomic mass is 10.3. The highest BCUT2D eigenvalue weighted by Gasteiger charge is 2.27. The number of carbonyl (C=O) groups is 1. The molecule has 0 aliphatic carbocycles. The maximum atomic E-state index is 11.8. The molecule has 0 spiro atoms. The van der Waals surface area contributed by atoms with E-state index in [1.54, 1.807) is 13.0 Å². The number of halogens is 4. The maximum absolute atomic E-state index is 11.8. The van der Waals surface area contributed by atoms with Crippen LogP contribution in [0.15, 0.2) is 22.8 Å². The molecule has 8 heteroatoms. The number of carbonyl (C=O) groups excluding carboxylic acids is 1. The number of ether oxygens (including phenoxy) is 1. The van der Waals surface area contributed by atoms with E-state index in [4.69, 9.17) is 0 Å². The number of aromatic nitrogens is 1. The van der Waals surface area contributed by atoms with Crippen molar-refractivity contribution in [2.24, 2.45) is 0 Å². The first kappa shape index (κ1) is 15.9. The average Bonchev–Trinajstić information content (AvgIpc) is 2.27. The van der Waals surface area contributed by atoms with Crippen LogP contribution in [0.2, 0.25) is 0 Å². The summed E-state index contributed by atoms with van der Waals surface area (Å²) in [5.74, 6) is -0.462. The quantitative estimate of drug-likeness (QED) is 0.896. The van der Waals surface area contributed by atoms with Gasteiger partial charge < -0.3 is 10.1 Å². The Bertz CT molecular complexity index is 423. The Morgan fingerprint density at radius 1 is 1.53 bits per heavy atom. The second kappa shape index (κ2) is 6.85. The summed E-state index contributed by atoms with van der Waals surface area (Å²) in [5.41, 5.74) is 0.186. The van der Waals surface area contributed by atoms with Gasteiger partial charge in [0.05, 0.1) is 6.61 Å². The predicted octanol–water partition coefficient (Wildman–Crippen LogP) is 2.54. The number of nitrogens with one attached hydrogen (secondary N) is 1. The number of hydrogen-bond donors (Lipinski definition) is 1. The van der Waals surface area contributed by atoms with Crippen LogP contribution in [0.5, 0.6) is 0 Å². The van der Waals surface area contributed by atoms with Crippen LogP contribution in [-0.2, 0) is 4.74 Å². The van der Waals surface area contributed by atoms with Gasteiger partial charge in [-0.2, -0.15) is 13.2 Å². The number of rotatable bonds is 5. The van der Waals surface area contributed by atoms with Gasteiger partial charge in [0.1, 0.15) is 12.3 Å².